The molecule has 3 rings (SSSR count). The maximum Gasteiger partial charge on any atom is 0.146 e. The average Bonchev–Trinajstić information content (AvgIpc) is 3.20. The van der Waals surface area contributed by atoms with Crippen LogP contribution in [-0.4, -0.2) is 14.8 Å². The molecule has 0 saturated carbocycles. The van der Waals surface area contributed by atoms with Crippen molar-refractivity contribution in [3.8, 4) is 11.3 Å². The van der Waals surface area contributed by atoms with E-state index in [0.717, 1.165) is 36.7 Å². The van der Waals surface area contributed by atoms with Crippen molar-refractivity contribution < 1.29 is 4.42 Å². The first-order valence-electron chi connectivity index (χ1n) is 7.57. The Labute approximate surface area is 130 Å². The molecule has 0 aliphatic heterocycles. The zero-order valence-corrected chi connectivity index (χ0v) is 12.7. The van der Waals surface area contributed by atoms with Crippen LogP contribution in [-0.2, 0) is 19.6 Å². The van der Waals surface area contributed by atoms with Crippen LogP contribution in [0.15, 0.2) is 53.4 Å². The van der Waals surface area contributed by atoms with Crippen LogP contribution in [0, 0.1) is 0 Å². The highest BCUT2D eigenvalue weighted by atomic mass is 16.3. The fourth-order valence-electron chi connectivity index (χ4n) is 2.44. The van der Waals surface area contributed by atoms with Gasteiger partial charge in [-0.1, -0.05) is 25.1 Å². The summed E-state index contributed by atoms with van der Waals surface area (Å²) in [5, 5.41) is 11.6. The molecule has 3 aromatic rings. The maximum atomic E-state index is 5.44. The van der Waals surface area contributed by atoms with Crippen molar-refractivity contribution in [1.82, 2.24) is 20.1 Å². The van der Waals surface area contributed by atoms with Gasteiger partial charge < -0.3 is 14.3 Å². The predicted octanol–water partition coefficient (Wildman–Crippen LogP) is 3.24. The van der Waals surface area contributed by atoms with Gasteiger partial charge in [-0.3, -0.25) is 0 Å². The summed E-state index contributed by atoms with van der Waals surface area (Å²) in [6, 6.07) is 12.2. The van der Waals surface area contributed by atoms with Gasteiger partial charge in [-0.25, -0.2) is 0 Å². The van der Waals surface area contributed by atoms with Gasteiger partial charge in [0.15, 0.2) is 0 Å². The van der Waals surface area contributed by atoms with Crippen LogP contribution in [0.25, 0.3) is 11.3 Å². The van der Waals surface area contributed by atoms with E-state index in [0.29, 0.717) is 6.54 Å². The molecule has 0 aliphatic rings. The molecular weight excluding hydrogens is 276 g/mol. The molecule has 0 fully saturated rings. The van der Waals surface area contributed by atoms with Gasteiger partial charge in [-0.2, -0.15) is 0 Å². The molecule has 0 unspecified atom stereocenters. The number of nitrogens with zero attached hydrogens (tertiary/aromatic N) is 3. The van der Waals surface area contributed by atoms with Gasteiger partial charge in [0.05, 0.1) is 12.8 Å². The molecule has 0 amide bonds. The van der Waals surface area contributed by atoms with Gasteiger partial charge in [0.25, 0.3) is 0 Å². The standard InChI is InChI=1S/C17H20N4O/c1-2-8-21-13-19-20-17(21)12-18-11-14-5-3-6-15(10-14)16-7-4-9-22-16/h3-7,9-10,13,18H,2,8,11-12H2,1H3. The van der Waals surface area contributed by atoms with Crippen molar-refractivity contribution in [2.75, 3.05) is 0 Å². The lowest BCUT2D eigenvalue weighted by Gasteiger charge is -2.07. The number of aromatic nitrogens is 3. The zero-order chi connectivity index (χ0) is 15.2. The lowest BCUT2D eigenvalue weighted by atomic mass is 10.1. The summed E-state index contributed by atoms with van der Waals surface area (Å²) in [4.78, 5) is 0. The third kappa shape index (κ3) is 3.43. The van der Waals surface area contributed by atoms with Crippen molar-refractivity contribution >= 4 is 0 Å². The Morgan fingerprint density at radius 3 is 2.95 bits per heavy atom. The summed E-state index contributed by atoms with van der Waals surface area (Å²) in [5.74, 6) is 1.87. The Kier molecular flexibility index (Phi) is 4.65. The maximum absolute atomic E-state index is 5.44. The lowest BCUT2D eigenvalue weighted by molar-refractivity contribution is 0.581. The van der Waals surface area contributed by atoms with Crippen LogP contribution in [0.2, 0.25) is 0 Å². The summed E-state index contributed by atoms with van der Waals surface area (Å²) in [6.45, 7) is 4.61. The number of rotatable bonds is 7. The Balaban J connectivity index is 1.60. The Morgan fingerprint density at radius 2 is 2.14 bits per heavy atom. The fraction of sp³-hybridized carbons (Fsp3) is 0.294. The number of aryl methyl sites for hydroxylation is 1. The molecule has 2 heterocycles. The summed E-state index contributed by atoms with van der Waals surface area (Å²) in [5.41, 5.74) is 2.31. The summed E-state index contributed by atoms with van der Waals surface area (Å²) in [6.07, 6.45) is 4.56. The minimum Gasteiger partial charge on any atom is -0.464 e. The molecule has 1 N–H and O–H groups in total. The molecule has 0 radical (unpaired) electrons. The second kappa shape index (κ2) is 7.04. The van der Waals surface area contributed by atoms with E-state index in [1.807, 2.05) is 12.1 Å². The fourth-order valence-corrected chi connectivity index (χ4v) is 2.44. The van der Waals surface area contributed by atoms with E-state index in [1.165, 1.54) is 5.56 Å². The number of nitrogens with one attached hydrogen (secondary N) is 1. The molecule has 0 aliphatic carbocycles. The molecule has 0 saturated heterocycles. The summed E-state index contributed by atoms with van der Waals surface area (Å²) < 4.78 is 7.53. The van der Waals surface area contributed by atoms with E-state index >= 15 is 0 Å². The molecular formula is C17H20N4O. The van der Waals surface area contributed by atoms with Gasteiger partial charge >= 0.3 is 0 Å². The van der Waals surface area contributed by atoms with Gasteiger partial charge in [-0.05, 0) is 30.2 Å². The van der Waals surface area contributed by atoms with Crippen molar-refractivity contribution in [2.24, 2.45) is 0 Å². The molecule has 2 aromatic heterocycles. The highest BCUT2D eigenvalue weighted by molar-refractivity contribution is 5.58. The minimum atomic E-state index is 0.713. The first-order valence-corrected chi connectivity index (χ1v) is 7.57. The van der Waals surface area contributed by atoms with E-state index < -0.39 is 0 Å². The summed E-state index contributed by atoms with van der Waals surface area (Å²) >= 11 is 0. The van der Waals surface area contributed by atoms with Crippen molar-refractivity contribution in [3.63, 3.8) is 0 Å². The van der Waals surface area contributed by atoms with Gasteiger partial charge in [0.2, 0.25) is 0 Å². The average molecular weight is 296 g/mol. The van der Waals surface area contributed by atoms with E-state index in [-0.39, 0.29) is 0 Å². The third-order valence-electron chi connectivity index (χ3n) is 3.51. The van der Waals surface area contributed by atoms with Crippen LogP contribution in [0.3, 0.4) is 0 Å². The Hall–Kier alpha value is -2.40. The Morgan fingerprint density at radius 1 is 1.18 bits per heavy atom. The normalized spacial score (nSPS) is 11.0. The molecule has 5 nitrogen and oxygen atoms in total. The minimum absolute atomic E-state index is 0.713. The van der Waals surface area contributed by atoms with E-state index in [2.05, 4.69) is 51.3 Å². The molecule has 0 atom stereocenters. The largest absolute Gasteiger partial charge is 0.464 e. The second-order valence-electron chi connectivity index (χ2n) is 5.22. The number of hydrogen-bond donors (Lipinski definition) is 1. The molecule has 5 heteroatoms. The molecule has 0 spiro atoms. The molecule has 22 heavy (non-hydrogen) atoms. The quantitative estimate of drug-likeness (QED) is 0.727. The van der Waals surface area contributed by atoms with Gasteiger partial charge in [-0.15, -0.1) is 10.2 Å². The van der Waals surface area contributed by atoms with E-state index in [1.54, 1.807) is 12.6 Å². The van der Waals surface area contributed by atoms with Crippen LogP contribution < -0.4 is 5.32 Å². The smallest absolute Gasteiger partial charge is 0.146 e. The lowest BCUT2D eigenvalue weighted by Crippen LogP contribution is -2.16. The van der Waals surface area contributed by atoms with Gasteiger partial charge in [0.1, 0.15) is 17.9 Å². The van der Waals surface area contributed by atoms with Crippen molar-refractivity contribution in [2.45, 2.75) is 33.0 Å². The van der Waals surface area contributed by atoms with E-state index in [4.69, 9.17) is 4.42 Å². The number of hydrogen-bond acceptors (Lipinski definition) is 4. The first kappa shape index (κ1) is 14.5. The highest BCUT2D eigenvalue weighted by Crippen LogP contribution is 2.20. The Bertz CT molecular complexity index is 703. The van der Waals surface area contributed by atoms with Crippen LogP contribution >= 0.6 is 0 Å². The monoisotopic (exact) mass is 296 g/mol. The molecule has 1 aromatic carbocycles. The van der Waals surface area contributed by atoms with E-state index in [9.17, 15) is 0 Å². The van der Waals surface area contributed by atoms with Crippen molar-refractivity contribution in [3.05, 3.63) is 60.4 Å². The van der Waals surface area contributed by atoms with Crippen molar-refractivity contribution in [1.29, 1.82) is 0 Å². The van der Waals surface area contributed by atoms with Gasteiger partial charge in [0, 0.05) is 18.7 Å². The third-order valence-corrected chi connectivity index (χ3v) is 3.51. The second-order valence-corrected chi connectivity index (χ2v) is 5.22. The predicted molar refractivity (Wildman–Crippen MR) is 85.0 cm³/mol. The number of furan rings is 1. The topological polar surface area (TPSA) is 55.9 Å². The molecule has 0 bridgehead atoms. The van der Waals surface area contributed by atoms with Crippen LogP contribution in [0.1, 0.15) is 24.7 Å². The zero-order valence-electron chi connectivity index (χ0n) is 12.7. The molecule has 114 valence electrons. The number of benzene rings is 1. The highest BCUT2D eigenvalue weighted by Gasteiger charge is 2.04. The van der Waals surface area contributed by atoms with Crippen LogP contribution in [0.4, 0.5) is 0 Å². The summed E-state index contributed by atoms with van der Waals surface area (Å²) in [7, 11) is 0. The SMILES string of the molecule is CCCn1cnnc1CNCc1cccc(-c2ccco2)c1. The first-order chi connectivity index (χ1) is 10.9. The van der Waals surface area contributed by atoms with Crippen LogP contribution in [0.5, 0.6) is 0 Å².